The average molecular weight is 409 g/mol. The summed E-state index contributed by atoms with van der Waals surface area (Å²) >= 11 is 12.0. The van der Waals surface area contributed by atoms with E-state index in [9.17, 15) is 9.90 Å². The van der Waals surface area contributed by atoms with E-state index in [0.717, 1.165) is 24.1 Å². The largest absolute Gasteiger partial charge is 0.478 e. The van der Waals surface area contributed by atoms with E-state index in [0.29, 0.717) is 15.7 Å². The summed E-state index contributed by atoms with van der Waals surface area (Å²) in [5.74, 6) is -0.952. The number of halogens is 2. The fourth-order valence-corrected chi connectivity index (χ4v) is 2.99. The normalized spacial score (nSPS) is 10.1. The predicted octanol–water partition coefficient (Wildman–Crippen LogP) is 5.84. The maximum atomic E-state index is 11.3. The molecule has 0 heterocycles. The third kappa shape index (κ3) is 6.00. The van der Waals surface area contributed by atoms with Crippen LogP contribution >= 0.6 is 23.2 Å². The zero-order chi connectivity index (χ0) is 18.5. The van der Waals surface area contributed by atoms with Gasteiger partial charge in [-0.05, 0) is 60.4 Å². The number of benzene rings is 3. The molecule has 133 valence electrons. The number of aryl methyl sites for hydroxylation is 2. The van der Waals surface area contributed by atoms with Gasteiger partial charge in [-0.2, -0.15) is 0 Å². The number of nitrogens with one attached hydrogen (secondary N) is 1. The first-order chi connectivity index (χ1) is 12.5. The molecule has 0 aromatic heterocycles. The molecule has 0 bridgehead atoms. The fraction of sp³-hybridized carbons (Fsp3) is 0.0952. The van der Waals surface area contributed by atoms with Crippen LogP contribution < -0.4 is 5.32 Å². The minimum absolute atomic E-state index is 0. The van der Waals surface area contributed by atoms with Crippen molar-refractivity contribution in [1.82, 2.24) is 0 Å². The Kier molecular flexibility index (Phi) is 8.21. The van der Waals surface area contributed by atoms with Crippen LogP contribution in [0.15, 0.2) is 66.7 Å². The summed E-state index contributed by atoms with van der Waals surface area (Å²) in [4.78, 5) is 11.3. The third-order valence-corrected chi connectivity index (χ3v) is 4.82. The van der Waals surface area contributed by atoms with Gasteiger partial charge in [0.05, 0.1) is 21.3 Å². The summed E-state index contributed by atoms with van der Waals surface area (Å²) in [6.07, 6.45) is 1.75. The number of rotatable bonds is 6. The van der Waals surface area contributed by atoms with Crippen LogP contribution in [0, 0.1) is 0 Å². The Labute approximate surface area is 190 Å². The van der Waals surface area contributed by atoms with Crippen molar-refractivity contribution in [2.75, 3.05) is 5.32 Å². The first kappa shape index (κ1) is 21.8. The van der Waals surface area contributed by atoms with Crippen molar-refractivity contribution in [3.05, 3.63) is 93.5 Å². The van der Waals surface area contributed by atoms with Crippen molar-refractivity contribution in [3.63, 3.8) is 0 Å². The van der Waals surface area contributed by atoms with Gasteiger partial charge in [0.1, 0.15) is 0 Å². The van der Waals surface area contributed by atoms with E-state index in [1.807, 2.05) is 42.5 Å². The maximum Gasteiger partial charge on any atom is 0.337 e. The topological polar surface area (TPSA) is 49.3 Å². The van der Waals surface area contributed by atoms with E-state index in [1.165, 1.54) is 5.56 Å². The first-order valence-electron chi connectivity index (χ1n) is 8.15. The number of anilines is 2. The molecular weight excluding hydrogens is 392 g/mol. The fourth-order valence-electron chi connectivity index (χ4n) is 2.67. The van der Waals surface area contributed by atoms with Crippen molar-refractivity contribution in [3.8, 4) is 0 Å². The van der Waals surface area contributed by atoms with Gasteiger partial charge in [0, 0.05) is 35.2 Å². The summed E-state index contributed by atoms with van der Waals surface area (Å²) in [5.41, 5.74) is 3.99. The van der Waals surface area contributed by atoms with Gasteiger partial charge in [-0.25, -0.2) is 4.79 Å². The number of carbonyl (C=O) groups is 1. The number of carboxylic acids is 1. The second kappa shape index (κ2) is 10.2. The summed E-state index contributed by atoms with van der Waals surface area (Å²) in [6, 6.07) is 20.5. The Bertz CT molecular complexity index is 930. The quantitative estimate of drug-likeness (QED) is 0.503. The van der Waals surface area contributed by atoms with E-state index in [2.05, 4.69) is 5.32 Å². The predicted molar refractivity (Wildman–Crippen MR) is 113 cm³/mol. The number of hydrogen-bond donors (Lipinski definition) is 2. The van der Waals surface area contributed by atoms with Gasteiger partial charge in [0.15, 0.2) is 0 Å². The van der Waals surface area contributed by atoms with Gasteiger partial charge in [-0.15, -0.1) is 0 Å². The van der Waals surface area contributed by atoms with Crippen molar-refractivity contribution < 1.29 is 9.90 Å². The molecule has 6 heteroatoms. The van der Waals surface area contributed by atoms with Crippen LogP contribution in [-0.2, 0) is 12.8 Å². The molecule has 0 amide bonds. The van der Waals surface area contributed by atoms with Gasteiger partial charge >= 0.3 is 5.97 Å². The second-order valence-corrected chi connectivity index (χ2v) is 6.74. The summed E-state index contributed by atoms with van der Waals surface area (Å²) in [6.45, 7) is 0. The zero-order valence-electron chi connectivity index (χ0n) is 14.9. The Morgan fingerprint density at radius 2 is 1.48 bits per heavy atom. The molecule has 0 aliphatic heterocycles. The van der Waals surface area contributed by atoms with E-state index in [-0.39, 0.29) is 35.1 Å². The first-order valence-corrected chi connectivity index (χ1v) is 8.91. The summed E-state index contributed by atoms with van der Waals surface area (Å²) in [5, 5.41) is 13.5. The molecule has 3 aromatic carbocycles. The van der Waals surface area contributed by atoms with E-state index >= 15 is 0 Å². The number of aromatic carboxylic acids is 1. The second-order valence-electron chi connectivity index (χ2n) is 5.92. The summed E-state index contributed by atoms with van der Waals surface area (Å²) in [7, 11) is 0. The van der Waals surface area contributed by atoms with Crippen molar-refractivity contribution >= 4 is 70.1 Å². The smallest absolute Gasteiger partial charge is 0.337 e. The minimum Gasteiger partial charge on any atom is -0.478 e. The molecule has 27 heavy (non-hydrogen) atoms. The van der Waals surface area contributed by atoms with Gasteiger partial charge in [-0.1, -0.05) is 53.5 Å². The molecule has 3 aromatic rings. The van der Waals surface area contributed by atoms with Crippen LogP contribution in [0.1, 0.15) is 21.5 Å². The Morgan fingerprint density at radius 3 is 2.15 bits per heavy atom. The molecular formula is C21H17Cl2NNaO2. The Morgan fingerprint density at radius 1 is 0.852 bits per heavy atom. The Hall–Kier alpha value is -1.49. The monoisotopic (exact) mass is 408 g/mol. The molecule has 1 radical (unpaired) electrons. The average Bonchev–Trinajstić information content (AvgIpc) is 2.64. The molecule has 0 aliphatic rings. The van der Waals surface area contributed by atoms with Gasteiger partial charge < -0.3 is 10.4 Å². The van der Waals surface area contributed by atoms with Crippen molar-refractivity contribution in [2.45, 2.75) is 12.8 Å². The zero-order valence-corrected chi connectivity index (χ0v) is 18.4. The van der Waals surface area contributed by atoms with Crippen molar-refractivity contribution in [1.29, 1.82) is 0 Å². The van der Waals surface area contributed by atoms with Gasteiger partial charge in [-0.3, -0.25) is 0 Å². The molecule has 0 saturated heterocycles. The molecule has 3 nitrogen and oxygen atoms in total. The molecule has 0 atom stereocenters. The van der Waals surface area contributed by atoms with Crippen LogP contribution in [0.3, 0.4) is 0 Å². The van der Waals surface area contributed by atoms with Crippen LogP contribution in [0.5, 0.6) is 0 Å². The van der Waals surface area contributed by atoms with Gasteiger partial charge in [0.25, 0.3) is 0 Å². The molecule has 2 N–H and O–H groups in total. The maximum absolute atomic E-state index is 11.3. The number of carboxylic acid groups (broad SMARTS) is 1. The van der Waals surface area contributed by atoms with E-state index in [4.69, 9.17) is 23.2 Å². The minimum atomic E-state index is -0.952. The van der Waals surface area contributed by atoms with Crippen LogP contribution in [0.4, 0.5) is 11.4 Å². The van der Waals surface area contributed by atoms with E-state index in [1.54, 1.807) is 24.3 Å². The van der Waals surface area contributed by atoms with Crippen LogP contribution in [0.25, 0.3) is 0 Å². The third-order valence-electron chi connectivity index (χ3n) is 4.08. The number of hydrogen-bond acceptors (Lipinski definition) is 2. The van der Waals surface area contributed by atoms with Crippen LogP contribution in [-0.4, -0.2) is 40.6 Å². The number of para-hydroxylation sites is 1. The Balaban J connectivity index is 0.00000261. The van der Waals surface area contributed by atoms with Crippen molar-refractivity contribution in [2.24, 2.45) is 0 Å². The SMILES string of the molecule is O=C(O)c1ccccc1Nc1ccc(CCc2ccc(Cl)c(Cl)c2)cc1.[Na]. The van der Waals surface area contributed by atoms with Crippen LogP contribution in [0.2, 0.25) is 10.0 Å². The summed E-state index contributed by atoms with van der Waals surface area (Å²) < 4.78 is 0. The molecule has 0 fully saturated rings. The van der Waals surface area contributed by atoms with Gasteiger partial charge in [0.2, 0.25) is 0 Å². The molecule has 0 saturated carbocycles. The molecule has 0 spiro atoms. The molecule has 0 unspecified atom stereocenters. The molecule has 3 rings (SSSR count). The standard InChI is InChI=1S/C21H17Cl2NO2.Na/c22-18-12-9-15(13-19(18)23)6-5-14-7-10-16(11-8-14)24-20-4-2-1-3-17(20)21(25)26;/h1-4,7-13,24H,5-6H2,(H,25,26);. The molecule has 0 aliphatic carbocycles. The van der Waals surface area contributed by atoms with E-state index < -0.39 is 5.97 Å².